The molecule has 1 aromatic heterocycles. The highest BCUT2D eigenvalue weighted by Crippen LogP contribution is 2.27. The van der Waals surface area contributed by atoms with Gasteiger partial charge in [0.05, 0.1) is 10.7 Å². The molecule has 0 radical (unpaired) electrons. The fourth-order valence-corrected chi connectivity index (χ4v) is 3.33. The van der Waals surface area contributed by atoms with Gasteiger partial charge in [-0.2, -0.15) is 4.98 Å². The van der Waals surface area contributed by atoms with Gasteiger partial charge in [0.15, 0.2) is 0 Å². The number of anilines is 3. The summed E-state index contributed by atoms with van der Waals surface area (Å²) in [5.41, 5.74) is 2.49. The van der Waals surface area contributed by atoms with Crippen LogP contribution in [-0.4, -0.2) is 48.1 Å². The van der Waals surface area contributed by atoms with Gasteiger partial charge in [0.25, 0.3) is 0 Å². The van der Waals surface area contributed by atoms with Crippen LogP contribution in [0.25, 0.3) is 11.3 Å². The predicted molar refractivity (Wildman–Crippen MR) is 112 cm³/mol. The Morgan fingerprint density at radius 2 is 1.71 bits per heavy atom. The zero-order chi connectivity index (χ0) is 19.5. The molecular formula is C21H21ClFN5. The van der Waals surface area contributed by atoms with Gasteiger partial charge in [-0.3, -0.25) is 0 Å². The summed E-state index contributed by atoms with van der Waals surface area (Å²) in [5, 5.41) is 3.22. The van der Waals surface area contributed by atoms with Crippen LogP contribution in [0.1, 0.15) is 0 Å². The van der Waals surface area contributed by atoms with Gasteiger partial charge in [0.2, 0.25) is 5.95 Å². The fourth-order valence-electron chi connectivity index (χ4n) is 3.15. The quantitative estimate of drug-likeness (QED) is 0.705. The molecule has 0 unspecified atom stereocenters. The minimum atomic E-state index is -0.454. The van der Waals surface area contributed by atoms with Crippen LogP contribution in [-0.2, 0) is 0 Å². The minimum absolute atomic E-state index is 0.0588. The molecule has 1 aliphatic rings. The van der Waals surface area contributed by atoms with Crippen molar-refractivity contribution in [3.05, 3.63) is 65.4 Å². The van der Waals surface area contributed by atoms with Crippen LogP contribution < -0.4 is 10.2 Å². The number of likely N-dealkylation sites (N-methyl/N-ethyl adjacent to an activating group) is 1. The van der Waals surface area contributed by atoms with E-state index in [1.54, 1.807) is 6.07 Å². The van der Waals surface area contributed by atoms with Gasteiger partial charge in [-0.25, -0.2) is 9.37 Å². The van der Waals surface area contributed by atoms with Crippen LogP contribution in [0.4, 0.5) is 21.8 Å². The monoisotopic (exact) mass is 397 g/mol. The van der Waals surface area contributed by atoms with E-state index in [0.717, 1.165) is 43.3 Å². The van der Waals surface area contributed by atoms with Crippen molar-refractivity contribution < 1.29 is 4.39 Å². The van der Waals surface area contributed by atoms with Crippen LogP contribution >= 0.6 is 11.6 Å². The van der Waals surface area contributed by atoms with Gasteiger partial charge in [0.1, 0.15) is 11.6 Å². The first-order valence-corrected chi connectivity index (χ1v) is 9.56. The zero-order valence-electron chi connectivity index (χ0n) is 15.6. The van der Waals surface area contributed by atoms with E-state index in [1.807, 2.05) is 36.4 Å². The third-order valence-electron chi connectivity index (χ3n) is 4.79. The molecule has 1 N–H and O–H groups in total. The summed E-state index contributed by atoms with van der Waals surface area (Å²) in [7, 11) is 2.12. The van der Waals surface area contributed by atoms with E-state index in [4.69, 9.17) is 16.6 Å². The number of nitrogens with one attached hydrogen (secondary N) is 1. The molecule has 1 fully saturated rings. The Morgan fingerprint density at radius 3 is 2.43 bits per heavy atom. The van der Waals surface area contributed by atoms with Crippen LogP contribution in [0, 0.1) is 5.82 Å². The molecule has 0 atom stereocenters. The number of rotatable bonds is 4. The van der Waals surface area contributed by atoms with Gasteiger partial charge in [-0.15, -0.1) is 0 Å². The second kappa shape index (κ2) is 8.12. The molecule has 1 saturated heterocycles. The highest BCUT2D eigenvalue weighted by atomic mass is 35.5. The van der Waals surface area contributed by atoms with Crippen molar-refractivity contribution in [1.82, 2.24) is 14.9 Å². The third-order valence-corrected chi connectivity index (χ3v) is 5.07. The Bertz CT molecular complexity index is 958. The van der Waals surface area contributed by atoms with Crippen LogP contribution in [0.3, 0.4) is 0 Å². The summed E-state index contributed by atoms with van der Waals surface area (Å²) in [5.74, 6) is 0.875. The van der Waals surface area contributed by atoms with E-state index < -0.39 is 5.82 Å². The summed E-state index contributed by atoms with van der Waals surface area (Å²) in [6.45, 7) is 3.79. The summed E-state index contributed by atoms with van der Waals surface area (Å²) < 4.78 is 13.5. The first-order chi connectivity index (χ1) is 13.6. The maximum Gasteiger partial charge on any atom is 0.229 e. The van der Waals surface area contributed by atoms with Gasteiger partial charge in [0, 0.05) is 43.5 Å². The first-order valence-electron chi connectivity index (χ1n) is 9.18. The number of hydrogen-bond acceptors (Lipinski definition) is 5. The molecule has 2 aromatic carbocycles. The van der Waals surface area contributed by atoms with Crippen molar-refractivity contribution in [2.75, 3.05) is 43.4 Å². The molecule has 0 amide bonds. The smallest absolute Gasteiger partial charge is 0.229 e. The van der Waals surface area contributed by atoms with Gasteiger partial charge in [-0.1, -0.05) is 41.9 Å². The van der Waals surface area contributed by atoms with Crippen molar-refractivity contribution >= 4 is 29.1 Å². The third kappa shape index (κ3) is 4.24. The molecule has 5 nitrogen and oxygen atoms in total. The van der Waals surface area contributed by atoms with E-state index >= 15 is 0 Å². The lowest BCUT2D eigenvalue weighted by atomic mass is 10.1. The summed E-state index contributed by atoms with van der Waals surface area (Å²) in [6, 6.07) is 16.5. The van der Waals surface area contributed by atoms with Crippen molar-refractivity contribution in [2.24, 2.45) is 0 Å². The average molecular weight is 398 g/mol. The van der Waals surface area contributed by atoms with Crippen molar-refractivity contribution in [3.63, 3.8) is 0 Å². The molecule has 0 saturated carbocycles. The molecule has 1 aliphatic heterocycles. The van der Waals surface area contributed by atoms with Crippen LogP contribution in [0.5, 0.6) is 0 Å². The molecule has 0 bridgehead atoms. The lowest BCUT2D eigenvalue weighted by Crippen LogP contribution is -2.44. The zero-order valence-corrected chi connectivity index (χ0v) is 16.3. The van der Waals surface area contributed by atoms with E-state index in [1.165, 1.54) is 12.1 Å². The Kier molecular flexibility index (Phi) is 5.41. The number of hydrogen-bond donors (Lipinski definition) is 1. The lowest BCUT2D eigenvalue weighted by Gasteiger charge is -2.33. The van der Waals surface area contributed by atoms with Gasteiger partial charge in [-0.05, 0) is 25.2 Å². The summed E-state index contributed by atoms with van der Waals surface area (Å²) in [4.78, 5) is 13.9. The summed E-state index contributed by atoms with van der Waals surface area (Å²) >= 11 is 5.91. The minimum Gasteiger partial charge on any atom is -0.354 e. The Labute approximate surface area is 168 Å². The molecule has 2 heterocycles. The molecular weight excluding hydrogens is 377 g/mol. The Morgan fingerprint density at radius 1 is 0.964 bits per heavy atom. The first kappa shape index (κ1) is 18.7. The molecule has 28 heavy (non-hydrogen) atoms. The molecule has 144 valence electrons. The Balaban J connectivity index is 1.70. The van der Waals surface area contributed by atoms with E-state index in [-0.39, 0.29) is 5.02 Å². The highest BCUT2D eigenvalue weighted by molar-refractivity contribution is 6.31. The number of aromatic nitrogens is 2. The Hall–Kier alpha value is -2.70. The standard InChI is InChI=1S/C21H21ClFN5/c1-27-9-11-28(12-10-27)20-14-19(15-5-3-2-4-6-15)25-21(26-20)24-16-7-8-18(23)17(22)13-16/h2-8,13-14H,9-12H2,1H3,(H,24,25,26). The molecule has 3 aromatic rings. The van der Waals surface area contributed by atoms with E-state index in [9.17, 15) is 4.39 Å². The molecule has 0 aliphatic carbocycles. The number of benzene rings is 2. The fraction of sp³-hybridized carbons (Fsp3) is 0.238. The highest BCUT2D eigenvalue weighted by Gasteiger charge is 2.18. The second-order valence-electron chi connectivity index (χ2n) is 6.85. The van der Waals surface area contributed by atoms with Gasteiger partial charge < -0.3 is 15.1 Å². The number of halogens is 2. The van der Waals surface area contributed by atoms with Crippen LogP contribution in [0.2, 0.25) is 5.02 Å². The SMILES string of the molecule is CN1CCN(c2cc(-c3ccccc3)nc(Nc3ccc(F)c(Cl)c3)n2)CC1. The van der Waals surface area contributed by atoms with Crippen molar-refractivity contribution in [2.45, 2.75) is 0 Å². The van der Waals surface area contributed by atoms with Crippen molar-refractivity contribution in [1.29, 1.82) is 0 Å². The second-order valence-corrected chi connectivity index (χ2v) is 7.25. The maximum atomic E-state index is 13.5. The topological polar surface area (TPSA) is 44.3 Å². The lowest BCUT2D eigenvalue weighted by molar-refractivity contribution is 0.312. The van der Waals surface area contributed by atoms with E-state index in [2.05, 4.69) is 27.1 Å². The number of nitrogens with zero attached hydrogens (tertiary/aromatic N) is 4. The molecule has 0 spiro atoms. The molecule has 7 heteroatoms. The number of piperazine rings is 1. The van der Waals surface area contributed by atoms with Gasteiger partial charge >= 0.3 is 0 Å². The summed E-state index contributed by atoms with van der Waals surface area (Å²) in [6.07, 6.45) is 0. The molecule has 4 rings (SSSR count). The van der Waals surface area contributed by atoms with Crippen LogP contribution in [0.15, 0.2) is 54.6 Å². The largest absolute Gasteiger partial charge is 0.354 e. The van der Waals surface area contributed by atoms with E-state index in [0.29, 0.717) is 11.6 Å². The normalized spacial score (nSPS) is 14.9. The predicted octanol–water partition coefficient (Wildman–Crippen LogP) is 4.43. The average Bonchev–Trinajstić information content (AvgIpc) is 2.72. The maximum absolute atomic E-state index is 13.5. The van der Waals surface area contributed by atoms with Crippen molar-refractivity contribution in [3.8, 4) is 11.3 Å².